The fourth-order valence-corrected chi connectivity index (χ4v) is 15.2. The van der Waals surface area contributed by atoms with Crippen molar-refractivity contribution in [1.82, 2.24) is 0 Å². The van der Waals surface area contributed by atoms with Crippen molar-refractivity contribution in [3.63, 3.8) is 0 Å². The maximum atomic E-state index is 4.15. The monoisotopic (exact) mass is 995 g/mol. The number of halogens is 10. The van der Waals surface area contributed by atoms with Crippen molar-refractivity contribution in [3.05, 3.63) is 35.9 Å². The molecule has 0 heterocycles. The molecular formula is C16H14Br10. The van der Waals surface area contributed by atoms with Gasteiger partial charge in [0.15, 0.2) is 0 Å². The van der Waals surface area contributed by atoms with Crippen molar-refractivity contribution < 1.29 is 0 Å². The van der Waals surface area contributed by atoms with Gasteiger partial charge in [0, 0.05) is 0 Å². The molecule has 0 spiro atoms. The zero-order valence-corrected chi connectivity index (χ0v) is 29.3. The number of benzene rings is 1. The molecule has 0 saturated heterocycles. The number of hydrogen-bond donors (Lipinski definition) is 0. The summed E-state index contributed by atoms with van der Waals surface area (Å²) >= 11 is 39.4. The SMILES string of the molecule is CC(c1ccccc1)C(C)C1(Br)C(Br)C(Br)(Br)C(Br)(Br)C(Br)(Br)C1(Br)Br. The van der Waals surface area contributed by atoms with Crippen LogP contribution in [0.5, 0.6) is 0 Å². The minimum atomic E-state index is -0.647. The summed E-state index contributed by atoms with van der Waals surface area (Å²) in [5.41, 5.74) is 1.30. The van der Waals surface area contributed by atoms with E-state index in [9.17, 15) is 0 Å². The molecule has 0 N–H and O–H groups in total. The highest BCUT2D eigenvalue weighted by molar-refractivity contribution is 9.35. The number of rotatable bonds is 3. The van der Waals surface area contributed by atoms with Crippen LogP contribution in [0.2, 0.25) is 0 Å². The smallest absolute Gasteiger partial charge is 0.0849 e. The summed E-state index contributed by atoms with van der Waals surface area (Å²) in [6.07, 6.45) is 0. The summed E-state index contributed by atoms with van der Waals surface area (Å²) in [4.78, 5) is -0.0515. The number of hydrogen-bond acceptors (Lipinski definition) is 0. The maximum absolute atomic E-state index is 4.15. The van der Waals surface area contributed by atoms with Crippen molar-refractivity contribution in [2.24, 2.45) is 5.92 Å². The van der Waals surface area contributed by atoms with Gasteiger partial charge in [-0.25, -0.2) is 0 Å². The van der Waals surface area contributed by atoms with E-state index in [2.05, 4.69) is 197 Å². The summed E-state index contributed by atoms with van der Waals surface area (Å²) < 4.78 is -2.87. The molecule has 0 radical (unpaired) electrons. The van der Waals surface area contributed by atoms with E-state index in [4.69, 9.17) is 0 Å². The van der Waals surface area contributed by atoms with E-state index in [0.29, 0.717) is 5.92 Å². The summed E-state index contributed by atoms with van der Waals surface area (Å²) in [7, 11) is 0. The van der Waals surface area contributed by atoms with Gasteiger partial charge < -0.3 is 0 Å². The Morgan fingerprint density at radius 3 is 1.65 bits per heavy atom. The molecule has 0 amide bonds. The van der Waals surface area contributed by atoms with Crippen molar-refractivity contribution in [1.29, 1.82) is 0 Å². The van der Waals surface area contributed by atoms with Gasteiger partial charge in [-0.05, 0) is 17.4 Å². The highest BCUT2D eigenvalue weighted by Crippen LogP contribution is 2.78. The molecule has 1 aliphatic carbocycles. The highest BCUT2D eigenvalue weighted by atomic mass is 79.9. The van der Waals surface area contributed by atoms with Gasteiger partial charge in [-0.15, -0.1) is 0 Å². The molecule has 26 heavy (non-hydrogen) atoms. The predicted octanol–water partition coefficient (Wildman–Crippen LogP) is 10.3. The van der Waals surface area contributed by atoms with E-state index in [1.54, 1.807) is 0 Å². The Morgan fingerprint density at radius 1 is 0.731 bits per heavy atom. The molecule has 1 fully saturated rings. The molecule has 1 saturated carbocycles. The van der Waals surface area contributed by atoms with Crippen LogP contribution < -0.4 is 0 Å². The van der Waals surface area contributed by atoms with Crippen molar-refractivity contribution in [2.45, 2.75) is 41.9 Å². The van der Waals surface area contributed by atoms with Crippen LogP contribution in [0, 0.1) is 5.92 Å². The largest absolute Gasteiger partial charge is 0.134 e. The number of alkyl halides is 10. The van der Waals surface area contributed by atoms with Crippen molar-refractivity contribution >= 4 is 159 Å². The summed E-state index contributed by atoms with van der Waals surface area (Å²) in [5, 5.41) is 0. The fraction of sp³-hybridized carbons (Fsp3) is 0.625. The average Bonchev–Trinajstić information content (AvgIpc) is 2.58. The second kappa shape index (κ2) is 8.75. The molecule has 2 rings (SSSR count). The van der Waals surface area contributed by atoms with Crippen LogP contribution in [0.1, 0.15) is 25.3 Å². The van der Waals surface area contributed by atoms with E-state index in [-0.39, 0.29) is 10.7 Å². The van der Waals surface area contributed by atoms with Gasteiger partial charge >= 0.3 is 0 Å². The first kappa shape index (κ1) is 26.3. The van der Waals surface area contributed by atoms with Crippen LogP contribution >= 0.6 is 159 Å². The van der Waals surface area contributed by atoms with Crippen molar-refractivity contribution in [2.75, 3.05) is 0 Å². The zero-order valence-electron chi connectivity index (χ0n) is 13.4. The van der Waals surface area contributed by atoms with Crippen LogP contribution in [-0.4, -0.2) is 22.1 Å². The molecule has 0 aromatic heterocycles. The Balaban J connectivity index is 2.64. The minimum Gasteiger partial charge on any atom is -0.0849 e. The molecule has 4 atom stereocenters. The van der Waals surface area contributed by atoms with Gasteiger partial charge in [-0.1, -0.05) is 203 Å². The maximum Gasteiger partial charge on any atom is 0.134 e. The standard InChI is InChI=1S/C16H14Br10/c1-8(10-6-4-3-5-7-10)9(2)12(18)11(17)13(19,20)15(23,24)16(25,26)14(12,21)22/h3-9,11H,1-2H3. The molecule has 1 aromatic carbocycles. The summed E-state index contributed by atoms with van der Waals surface area (Å²) in [6.45, 7) is 4.52. The molecule has 4 unspecified atom stereocenters. The Labute approximate surface area is 239 Å². The van der Waals surface area contributed by atoms with Crippen LogP contribution in [0.4, 0.5) is 0 Å². The molecule has 148 valence electrons. The zero-order chi connectivity index (χ0) is 20.3. The van der Waals surface area contributed by atoms with Crippen LogP contribution in [0.3, 0.4) is 0 Å². The van der Waals surface area contributed by atoms with Gasteiger partial charge in [0.25, 0.3) is 0 Å². The molecule has 0 bridgehead atoms. The fourth-order valence-electron chi connectivity index (χ4n) is 3.16. The third kappa shape index (κ3) is 3.73. The van der Waals surface area contributed by atoms with E-state index in [1.165, 1.54) is 5.56 Å². The lowest BCUT2D eigenvalue weighted by Gasteiger charge is -2.65. The Hall–Kier alpha value is 4.02. The Kier molecular flexibility index (Phi) is 8.85. The van der Waals surface area contributed by atoms with Gasteiger partial charge in [0.2, 0.25) is 0 Å². The lowest BCUT2D eigenvalue weighted by Crippen LogP contribution is -2.76. The third-order valence-electron chi connectivity index (χ3n) is 5.11. The lowest BCUT2D eigenvalue weighted by atomic mass is 9.73. The highest BCUT2D eigenvalue weighted by Gasteiger charge is 2.80. The van der Waals surface area contributed by atoms with Gasteiger partial charge in [-0.2, -0.15) is 0 Å². The Bertz CT molecular complexity index is 656. The normalized spacial score (nSPS) is 34.1. The second-order valence-electron chi connectivity index (χ2n) is 6.46. The van der Waals surface area contributed by atoms with E-state index in [1.807, 2.05) is 6.07 Å². The summed E-state index contributed by atoms with van der Waals surface area (Å²) in [5.74, 6) is 0.517. The molecule has 0 nitrogen and oxygen atoms in total. The topological polar surface area (TPSA) is 0 Å². The Morgan fingerprint density at radius 2 is 1.19 bits per heavy atom. The van der Waals surface area contributed by atoms with E-state index < -0.39 is 17.3 Å². The van der Waals surface area contributed by atoms with Gasteiger partial charge in [0.05, 0.1) is 9.15 Å². The molecule has 0 aliphatic heterocycles. The first-order valence-corrected chi connectivity index (χ1v) is 15.5. The van der Waals surface area contributed by atoms with E-state index >= 15 is 0 Å². The summed E-state index contributed by atoms with van der Waals surface area (Å²) in [6, 6.07) is 10.6. The van der Waals surface area contributed by atoms with Gasteiger partial charge in [-0.3, -0.25) is 0 Å². The molecule has 1 aromatic rings. The average molecular weight is 1010 g/mol. The van der Waals surface area contributed by atoms with E-state index in [0.717, 1.165) is 0 Å². The van der Waals surface area contributed by atoms with Gasteiger partial charge in [0.1, 0.15) is 12.9 Å². The quantitative estimate of drug-likeness (QED) is 0.265. The predicted molar refractivity (Wildman–Crippen MR) is 151 cm³/mol. The second-order valence-corrected chi connectivity index (χ2v) is 22.6. The molecule has 1 aliphatic rings. The minimum absolute atomic E-state index is 0.0515. The van der Waals surface area contributed by atoms with Crippen LogP contribution in [0.15, 0.2) is 30.3 Å². The molecule has 10 heteroatoms. The first-order valence-electron chi connectivity index (χ1n) is 7.47. The van der Waals surface area contributed by atoms with Crippen LogP contribution in [0.25, 0.3) is 0 Å². The third-order valence-corrected chi connectivity index (χ3v) is 27.0. The first-order chi connectivity index (χ1) is 11.6. The molecular weight excluding hydrogens is 991 g/mol. The lowest BCUT2D eigenvalue weighted by molar-refractivity contribution is 0.292. The van der Waals surface area contributed by atoms with Crippen molar-refractivity contribution in [3.8, 4) is 0 Å². The van der Waals surface area contributed by atoms with Crippen LogP contribution in [-0.2, 0) is 0 Å².